The molecule has 0 saturated carbocycles. The van der Waals surface area contributed by atoms with Crippen LogP contribution >= 0.6 is 23.2 Å². The molecule has 3 rings (SSSR count). The molecule has 1 saturated heterocycles. The zero-order valence-electron chi connectivity index (χ0n) is 18.4. The van der Waals surface area contributed by atoms with Crippen LogP contribution in [0.15, 0.2) is 71.8 Å². The maximum atomic E-state index is 13.8. The molecule has 1 aromatic rings. The monoisotopic (exact) mass is 473 g/mol. The number of amides is 1. The first-order valence-electron chi connectivity index (χ1n) is 10.8. The zero-order valence-corrected chi connectivity index (χ0v) is 19.9. The second-order valence-electron chi connectivity index (χ2n) is 8.81. The summed E-state index contributed by atoms with van der Waals surface area (Å²) in [6.45, 7) is 7.92. The molecule has 0 radical (unpaired) electrons. The van der Waals surface area contributed by atoms with E-state index in [1.807, 2.05) is 48.2 Å². The summed E-state index contributed by atoms with van der Waals surface area (Å²) in [6, 6.07) is 7.13. The average Bonchev–Trinajstić information content (AvgIpc) is 3.27. The Labute approximate surface area is 199 Å². The molecule has 1 N–H and O–H groups in total. The van der Waals surface area contributed by atoms with Gasteiger partial charge in [-0.3, -0.25) is 9.59 Å². The molecule has 1 fully saturated rings. The first-order valence-corrected chi connectivity index (χ1v) is 11.6. The van der Waals surface area contributed by atoms with Crippen LogP contribution in [0.2, 0.25) is 5.02 Å². The van der Waals surface area contributed by atoms with Crippen LogP contribution in [0.3, 0.4) is 0 Å². The SMILES string of the molecule is C=C(/C=C\C(Cl)=C/C)[C@@H]1[C@@H](c2cccc(Cl)c2)CC(C)(CC(=O)O)C(=O)N1C1C=CCC1. The number of piperidine rings is 1. The largest absolute Gasteiger partial charge is 0.481 e. The molecule has 6 heteroatoms. The van der Waals surface area contributed by atoms with Crippen molar-refractivity contribution in [3.8, 4) is 0 Å². The van der Waals surface area contributed by atoms with Gasteiger partial charge in [-0.15, -0.1) is 0 Å². The van der Waals surface area contributed by atoms with Crippen LogP contribution in [0.25, 0.3) is 0 Å². The predicted molar refractivity (Wildman–Crippen MR) is 130 cm³/mol. The van der Waals surface area contributed by atoms with E-state index in [1.54, 1.807) is 19.1 Å². The van der Waals surface area contributed by atoms with Gasteiger partial charge in [-0.25, -0.2) is 0 Å². The van der Waals surface area contributed by atoms with Gasteiger partial charge in [0.15, 0.2) is 0 Å². The minimum Gasteiger partial charge on any atom is -0.481 e. The molecule has 1 aliphatic heterocycles. The number of carboxylic acids is 1. The van der Waals surface area contributed by atoms with E-state index < -0.39 is 11.4 Å². The van der Waals surface area contributed by atoms with Gasteiger partial charge in [0.1, 0.15) is 0 Å². The van der Waals surface area contributed by atoms with Crippen molar-refractivity contribution < 1.29 is 14.7 Å². The number of hydrogen-bond donors (Lipinski definition) is 1. The van der Waals surface area contributed by atoms with E-state index in [9.17, 15) is 14.7 Å². The van der Waals surface area contributed by atoms with Crippen LogP contribution < -0.4 is 0 Å². The molecule has 2 unspecified atom stereocenters. The van der Waals surface area contributed by atoms with Crippen LogP contribution in [-0.4, -0.2) is 34.0 Å². The summed E-state index contributed by atoms with van der Waals surface area (Å²) in [5.74, 6) is -1.29. The molecule has 2 aliphatic rings. The fourth-order valence-corrected chi connectivity index (χ4v) is 5.12. The molecule has 1 heterocycles. The van der Waals surface area contributed by atoms with Crippen molar-refractivity contribution in [1.82, 2.24) is 4.90 Å². The smallest absolute Gasteiger partial charge is 0.304 e. The third-order valence-electron chi connectivity index (χ3n) is 6.38. The van der Waals surface area contributed by atoms with Gasteiger partial charge >= 0.3 is 5.97 Å². The van der Waals surface area contributed by atoms with E-state index in [-0.39, 0.29) is 30.3 Å². The number of carboxylic acid groups (broad SMARTS) is 1. The van der Waals surface area contributed by atoms with Gasteiger partial charge in [0, 0.05) is 16.0 Å². The molecule has 4 nitrogen and oxygen atoms in total. The Morgan fingerprint density at radius 1 is 1.38 bits per heavy atom. The van der Waals surface area contributed by atoms with E-state index in [4.69, 9.17) is 23.2 Å². The van der Waals surface area contributed by atoms with Crippen molar-refractivity contribution in [3.63, 3.8) is 0 Å². The summed E-state index contributed by atoms with van der Waals surface area (Å²) in [5, 5.41) is 10.8. The minimum absolute atomic E-state index is 0.107. The van der Waals surface area contributed by atoms with Crippen molar-refractivity contribution >= 4 is 35.1 Å². The average molecular weight is 474 g/mol. The summed E-state index contributed by atoms with van der Waals surface area (Å²) in [7, 11) is 0. The van der Waals surface area contributed by atoms with Crippen LogP contribution in [0, 0.1) is 5.41 Å². The van der Waals surface area contributed by atoms with E-state index >= 15 is 0 Å². The van der Waals surface area contributed by atoms with Crippen LogP contribution in [0.4, 0.5) is 0 Å². The highest BCUT2D eigenvalue weighted by molar-refractivity contribution is 6.31. The zero-order chi connectivity index (χ0) is 23.5. The lowest BCUT2D eigenvalue weighted by atomic mass is 9.67. The first-order chi connectivity index (χ1) is 15.2. The molecule has 4 atom stereocenters. The molecule has 1 aliphatic carbocycles. The van der Waals surface area contributed by atoms with Crippen LogP contribution in [0.5, 0.6) is 0 Å². The highest BCUT2D eigenvalue weighted by Gasteiger charge is 2.52. The summed E-state index contributed by atoms with van der Waals surface area (Å²) >= 11 is 12.5. The number of aliphatic carboxylic acids is 1. The predicted octanol–water partition coefficient (Wildman–Crippen LogP) is 6.48. The van der Waals surface area contributed by atoms with E-state index in [0.717, 1.165) is 24.0 Å². The van der Waals surface area contributed by atoms with E-state index in [1.165, 1.54) is 0 Å². The van der Waals surface area contributed by atoms with Crippen LogP contribution in [-0.2, 0) is 9.59 Å². The Bertz CT molecular complexity index is 997. The van der Waals surface area contributed by atoms with Gasteiger partial charge in [-0.1, -0.05) is 73.1 Å². The lowest BCUT2D eigenvalue weighted by molar-refractivity contribution is -0.157. The molecule has 1 aromatic carbocycles. The number of nitrogens with zero attached hydrogens (tertiary/aromatic N) is 1. The summed E-state index contributed by atoms with van der Waals surface area (Å²) in [5.41, 5.74) is 0.683. The number of carbonyl (C=O) groups excluding carboxylic acids is 1. The number of hydrogen-bond acceptors (Lipinski definition) is 2. The van der Waals surface area contributed by atoms with Crippen molar-refractivity contribution in [2.75, 3.05) is 0 Å². The van der Waals surface area contributed by atoms with E-state index in [0.29, 0.717) is 16.5 Å². The standard InChI is InChI=1S/C26H29Cl2NO3/c1-4-19(27)13-12-17(2)24-22(18-8-7-9-20(28)14-18)15-26(3,16-23(30)31)25(32)29(24)21-10-5-6-11-21/h4-5,7-10,12-14,21-22,24H,2,6,11,15-16H2,1,3H3,(H,30,31)/b13-12-,19-4+/t21?,22-,24-,26?/m1/s1. The van der Waals surface area contributed by atoms with Gasteiger partial charge in [0.25, 0.3) is 0 Å². The van der Waals surface area contributed by atoms with Gasteiger partial charge in [-0.2, -0.15) is 0 Å². The maximum absolute atomic E-state index is 13.8. The van der Waals surface area contributed by atoms with Crippen molar-refractivity contribution in [2.45, 2.75) is 57.5 Å². The third-order valence-corrected chi connectivity index (χ3v) is 6.96. The quantitative estimate of drug-likeness (QED) is 0.364. The number of allylic oxidation sites excluding steroid dienone is 4. The number of carbonyl (C=O) groups is 2. The maximum Gasteiger partial charge on any atom is 0.304 e. The lowest BCUT2D eigenvalue weighted by Gasteiger charge is -2.51. The number of rotatable bonds is 7. The first kappa shape index (κ1) is 24.3. The highest BCUT2D eigenvalue weighted by Crippen LogP contribution is 2.48. The second-order valence-corrected chi connectivity index (χ2v) is 9.68. The fraction of sp³-hybridized carbons (Fsp3) is 0.385. The fourth-order valence-electron chi connectivity index (χ4n) is 4.86. The van der Waals surface area contributed by atoms with Crippen molar-refractivity contribution in [1.29, 1.82) is 0 Å². The molecule has 0 bridgehead atoms. The Morgan fingerprint density at radius 3 is 2.72 bits per heavy atom. The number of halogens is 2. The second kappa shape index (κ2) is 10.1. The van der Waals surface area contributed by atoms with Crippen LogP contribution in [0.1, 0.15) is 51.0 Å². The van der Waals surface area contributed by atoms with E-state index in [2.05, 4.69) is 12.7 Å². The summed E-state index contributed by atoms with van der Waals surface area (Å²) < 4.78 is 0. The molecule has 170 valence electrons. The Morgan fingerprint density at radius 2 is 2.12 bits per heavy atom. The van der Waals surface area contributed by atoms with Crippen molar-refractivity contribution in [2.24, 2.45) is 5.41 Å². The normalized spacial score (nSPS) is 28.5. The van der Waals surface area contributed by atoms with Gasteiger partial charge < -0.3 is 10.0 Å². The summed E-state index contributed by atoms with van der Waals surface area (Å²) in [6.07, 6.45) is 11.4. The number of likely N-dealkylation sites (tertiary alicyclic amines) is 1. The molecular weight excluding hydrogens is 445 g/mol. The van der Waals surface area contributed by atoms with Crippen molar-refractivity contribution in [3.05, 3.63) is 82.4 Å². The Hall–Kier alpha value is -2.30. The Kier molecular flexibility index (Phi) is 7.68. The number of benzene rings is 1. The third kappa shape index (κ3) is 5.19. The molecular formula is C26H29Cl2NO3. The molecule has 1 amide bonds. The molecule has 0 spiro atoms. The van der Waals surface area contributed by atoms with Gasteiger partial charge in [0.05, 0.1) is 23.9 Å². The van der Waals surface area contributed by atoms with Gasteiger partial charge in [-0.05, 0) is 55.5 Å². The lowest BCUT2D eigenvalue weighted by Crippen LogP contribution is -2.59. The highest BCUT2D eigenvalue weighted by atomic mass is 35.5. The molecule has 32 heavy (non-hydrogen) atoms. The molecule has 0 aromatic heterocycles. The minimum atomic E-state index is -1.03. The summed E-state index contributed by atoms with van der Waals surface area (Å²) in [4.78, 5) is 27.4. The Balaban J connectivity index is 2.15. The van der Waals surface area contributed by atoms with Gasteiger partial charge in [0.2, 0.25) is 5.91 Å². The topological polar surface area (TPSA) is 57.6 Å².